The van der Waals surface area contributed by atoms with E-state index in [1.165, 1.54) is 6.42 Å². The Balaban J connectivity index is 1.62. The van der Waals surface area contributed by atoms with E-state index in [9.17, 15) is 15.3 Å². The lowest BCUT2D eigenvalue weighted by Crippen LogP contribution is -2.62. The fourth-order valence-corrected chi connectivity index (χ4v) is 8.77. The first-order chi connectivity index (χ1) is 13.2. The zero-order valence-electron chi connectivity index (χ0n) is 18.2. The molecule has 0 aliphatic heterocycles. The molecule has 28 heavy (non-hydrogen) atoms. The quantitative estimate of drug-likeness (QED) is 0.590. The van der Waals surface area contributed by atoms with E-state index in [1.54, 1.807) is 0 Å². The summed E-state index contributed by atoms with van der Waals surface area (Å²) in [5.74, 6) is 2.64. The second-order valence-corrected chi connectivity index (χ2v) is 11.4. The van der Waals surface area contributed by atoms with E-state index in [4.69, 9.17) is 5.73 Å². The lowest BCUT2D eigenvalue weighted by molar-refractivity contribution is -0.207. The second kappa shape index (κ2) is 7.51. The molecule has 4 aliphatic carbocycles. The Bertz CT molecular complexity index is 570. The molecule has 0 radical (unpaired) electrons. The molecule has 4 saturated carbocycles. The summed E-state index contributed by atoms with van der Waals surface area (Å²) in [4.78, 5) is 0. The van der Waals surface area contributed by atoms with Crippen molar-refractivity contribution in [1.82, 2.24) is 0 Å². The number of nitrogens with two attached hydrogens (primary N) is 1. The Hall–Kier alpha value is -0.160. The number of hydrogen-bond acceptors (Lipinski definition) is 4. The average Bonchev–Trinajstić information content (AvgIpc) is 3.01. The van der Waals surface area contributed by atoms with Crippen LogP contribution in [0, 0.1) is 46.3 Å². The lowest BCUT2D eigenvalue weighted by Gasteiger charge is -2.63. The van der Waals surface area contributed by atoms with Gasteiger partial charge in [0.05, 0.1) is 18.3 Å². The molecule has 0 amide bonds. The lowest BCUT2D eigenvalue weighted by atomic mass is 9.43. The Kier molecular flexibility index (Phi) is 5.66. The molecule has 0 spiro atoms. The highest BCUT2D eigenvalue weighted by atomic mass is 16.3. The van der Waals surface area contributed by atoms with Crippen molar-refractivity contribution in [1.29, 1.82) is 0 Å². The molecule has 0 aromatic heterocycles. The van der Waals surface area contributed by atoms with Gasteiger partial charge in [-0.05, 0) is 111 Å². The molecule has 4 aliphatic rings. The molecule has 0 heterocycles. The van der Waals surface area contributed by atoms with Crippen molar-refractivity contribution in [2.45, 2.75) is 96.9 Å². The third-order valence-electron chi connectivity index (χ3n) is 10.4. The van der Waals surface area contributed by atoms with Crippen molar-refractivity contribution in [2.24, 2.45) is 52.1 Å². The smallest absolute Gasteiger partial charge is 0.0602 e. The Labute approximate surface area is 171 Å². The highest BCUT2D eigenvalue weighted by molar-refractivity contribution is 5.14. The maximum Gasteiger partial charge on any atom is 0.0602 e. The van der Waals surface area contributed by atoms with Gasteiger partial charge in [0.25, 0.3) is 0 Å². The SMILES string of the molecule is C[C@H](CCCN)[C@H]1CC[C@H]2[C@H]3C(C[C@H](O)[C@]12C)[C@@]1(C)CC[C@@H](O)C[C@H]1C[C@H]3O. The third-order valence-corrected chi connectivity index (χ3v) is 10.4. The Morgan fingerprint density at radius 2 is 1.75 bits per heavy atom. The predicted octanol–water partition coefficient (Wildman–Crippen LogP) is 3.32. The summed E-state index contributed by atoms with van der Waals surface area (Å²) in [5, 5.41) is 33.0. The fraction of sp³-hybridized carbons (Fsp3) is 1.00. The van der Waals surface area contributed by atoms with Crippen LogP contribution in [0.3, 0.4) is 0 Å². The van der Waals surface area contributed by atoms with Crippen LogP contribution in [-0.4, -0.2) is 40.2 Å². The summed E-state index contributed by atoms with van der Waals surface area (Å²) in [6, 6.07) is 0. The van der Waals surface area contributed by atoms with Crippen LogP contribution in [0.4, 0.5) is 0 Å². The molecule has 4 nitrogen and oxygen atoms in total. The maximum absolute atomic E-state index is 11.5. The molecule has 4 heteroatoms. The van der Waals surface area contributed by atoms with Crippen molar-refractivity contribution in [3.8, 4) is 0 Å². The van der Waals surface area contributed by atoms with Crippen LogP contribution in [0.2, 0.25) is 0 Å². The molecule has 0 aromatic carbocycles. The van der Waals surface area contributed by atoms with Crippen molar-refractivity contribution in [3.63, 3.8) is 0 Å². The minimum atomic E-state index is -0.277. The number of aliphatic hydroxyl groups excluding tert-OH is 3. The summed E-state index contributed by atoms with van der Waals surface area (Å²) >= 11 is 0. The first-order valence-corrected chi connectivity index (χ1v) is 12.0. The molecule has 162 valence electrons. The van der Waals surface area contributed by atoms with Crippen molar-refractivity contribution in [2.75, 3.05) is 6.54 Å². The zero-order chi connectivity index (χ0) is 20.3. The van der Waals surface area contributed by atoms with Gasteiger partial charge in [-0.2, -0.15) is 0 Å². The number of rotatable bonds is 4. The highest BCUT2D eigenvalue weighted by Gasteiger charge is 2.65. The van der Waals surface area contributed by atoms with Crippen LogP contribution in [0.25, 0.3) is 0 Å². The van der Waals surface area contributed by atoms with E-state index >= 15 is 0 Å². The van der Waals surface area contributed by atoms with Gasteiger partial charge >= 0.3 is 0 Å². The van der Waals surface area contributed by atoms with Crippen LogP contribution in [0.5, 0.6) is 0 Å². The van der Waals surface area contributed by atoms with Crippen LogP contribution < -0.4 is 5.73 Å². The molecular weight excluding hydrogens is 350 g/mol. The van der Waals surface area contributed by atoms with E-state index in [0.29, 0.717) is 35.5 Å². The molecule has 0 aromatic rings. The maximum atomic E-state index is 11.5. The summed E-state index contributed by atoms with van der Waals surface area (Å²) < 4.78 is 0. The van der Waals surface area contributed by atoms with Crippen LogP contribution in [0.15, 0.2) is 0 Å². The van der Waals surface area contributed by atoms with E-state index < -0.39 is 0 Å². The van der Waals surface area contributed by atoms with Crippen molar-refractivity contribution >= 4 is 0 Å². The van der Waals surface area contributed by atoms with Gasteiger partial charge in [0.2, 0.25) is 0 Å². The topological polar surface area (TPSA) is 86.7 Å². The standard InChI is InChI=1S/C24H43NO3/c1-14(5-4-10-25)17-6-7-18-22-19(13-21(28)24(17,18)3)23(2)9-8-16(26)11-15(23)12-20(22)27/h14-22,26-28H,4-13,25H2,1-3H3/t14-,15+,16-,17-,18+,19?,20-,21+,22+,23+,24-/m1/s1. The van der Waals surface area contributed by atoms with Crippen molar-refractivity contribution in [3.05, 3.63) is 0 Å². The van der Waals surface area contributed by atoms with Gasteiger partial charge in [-0.15, -0.1) is 0 Å². The number of hydrogen-bond donors (Lipinski definition) is 4. The van der Waals surface area contributed by atoms with Crippen LogP contribution in [-0.2, 0) is 0 Å². The molecule has 11 atom stereocenters. The molecule has 5 N–H and O–H groups in total. The molecule has 0 saturated heterocycles. The van der Waals surface area contributed by atoms with Crippen LogP contribution in [0.1, 0.15) is 78.6 Å². The van der Waals surface area contributed by atoms with Gasteiger partial charge < -0.3 is 21.1 Å². The normalized spacial score (nSPS) is 54.5. The highest BCUT2D eigenvalue weighted by Crippen LogP contribution is 2.68. The van der Waals surface area contributed by atoms with Crippen LogP contribution >= 0.6 is 0 Å². The monoisotopic (exact) mass is 393 g/mol. The summed E-state index contributed by atoms with van der Waals surface area (Å²) in [6.45, 7) is 7.83. The Morgan fingerprint density at radius 1 is 1.00 bits per heavy atom. The van der Waals surface area contributed by atoms with Gasteiger partial charge in [0.1, 0.15) is 0 Å². The molecule has 4 rings (SSSR count). The average molecular weight is 394 g/mol. The summed E-state index contributed by atoms with van der Waals surface area (Å²) in [7, 11) is 0. The minimum absolute atomic E-state index is 0.0759. The van der Waals surface area contributed by atoms with E-state index in [2.05, 4.69) is 20.8 Å². The number of aliphatic hydroxyl groups is 3. The zero-order valence-corrected chi connectivity index (χ0v) is 18.2. The minimum Gasteiger partial charge on any atom is -0.393 e. The molecule has 0 bridgehead atoms. The van der Waals surface area contributed by atoms with E-state index in [-0.39, 0.29) is 29.1 Å². The Morgan fingerprint density at radius 3 is 2.46 bits per heavy atom. The van der Waals surface area contributed by atoms with Crippen molar-refractivity contribution < 1.29 is 15.3 Å². The second-order valence-electron chi connectivity index (χ2n) is 11.4. The van der Waals surface area contributed by atoms with Gasteiger partial charge in [-0.3, -0.25) is 0 Å². The number of fused-ring (bicyclic) bond motifs is 5. The first-order valence-electron chi connectivity index (χ1n) is 12.0. The summed E-state index contributed by atoms with van der Waals surface area (Å²) in [6.07, 6.45) is 8.18. The molecule has 4 fully saturated rings. The van der Waals surface area contributed by atoms with E-state index in [1.807, 2.05) is 0 Å². The van der Waals surface area contributed by atoms with E-state index in [0.717, 1.165) is 57.9 Å². The van der Waals surface area contributed by atoms with Gasteiger partial charge in [-0.1, -0.05) is 20.8 Å². The third kappa shape index (κ3) is 3.01. The largest absolute Gasteiger partial charge is 0.393 e. The molecule has 1 unspecified atom stereocenters. The molecular formula is C24H43NO3. The predicted molar refractivity (Wildman–Crippen MR) is 111 cm³/mol. The summed E-state index contributed by atoms with van der Waals surface area (Å²) in [5.41, 5.74) is 5.85. The van der Waals surface area contributed by atoms with Gasteiger partial charge in [0.15, 0.2) is 0 Å². The van der Waals surface area contributed by atoms with Gasteiger partial charge in [0, 0.05) is 0 Å². The van der Waals surface area contributed by atoms with Gasteiger partial charge in [-0.25, -0.2) is 0 Å². The fourth-order valence-electron chi connectivity index (χ4n) is 8.77. The first kappa shape index (κ1) is 21.1.